The number of hydrogen-bond donors (Lipinski definition) is 2. The maximum Gasteiger partial charge on any atom is 0.220 e. The van der Waals surface area contributed by atoms with Gasteiger partial charge in [0.1, 0.15) is 0 Å². The molecular weight excluding hydrogens is 212 g/mol. The second kappa shape index (κ2) is 5.38. The highest BCUT2D eigenvalue weighted by atomic mass is 16.1. The lowest BCUT2D eigenvalue weighted by molar-refractivity contribution is -0.122. The molecule has 2 rings (SSSR count). The molecule has 3 heteroatoms. The Hall–Kier alpha value is -0.570. The summed E-state index contributed by atoms with van der Waals surface area (Å²) in [5.74, 6) is 0.213. The molecule has 2 unspecified atom stereocenters. The number of hydrogen-bond acceptors (Lipinski definition) is 2. The van der Waals surface area contributed by atoms with E-state index < -0.39 is 0 Å². The summed E-state index contributed by atoms with van der Waals surface area (Å²) in [5, 5.41) is 6.69. The van der Waals surface area contributed by atoms with Crippen molar-refractivity contribution in [2.75, 3.05) is 6.54 Å². The van der Waals surface area contributed by atoms with Crippen LogP contribution in [0.2, 0.25) is 0 Å². The standard InChI is InChI=1S/C14H26N2O/c1-14(2)8-3-4-11(7-9-14)16-12-5-6-13(17)15-10-12/h11-12,16H,3-10H2,1-2H3,(H,15,17). The van der Waals surface area contributed by atoms with Gasteiger partial charge in [0.25, 0.3) is 0 Å². The molecule has 2 N–H and O–H groups in total. The van der Waals surface area contributed by atoms with Gasteiger partial charge < -0.3 is 10.6 Å². The highest BCUT2D eigenvalue weighted by Gasteiger charge is 2.26. The quantitative estimate of drug-likeness (QED) is 0.724. The number of carbonyl (C=O) groups excluding carboxylic acids is 1. The van der Waals surface area contributed by atoms with Crippen molar-refractivity contribution in [3.63, 3.8) is 0 Å². The van der Waals surface area contributed by atoms with Crippen LogP contribution in [-0.2, 0) is 4.79 Å². The normalized spacial score (nSPS) is 33.9. The topological polar surface area (TPSA) is 41.1 Å². The van der Waals surface area contributed by atoms with Crippen molar-refractivity contribution < 1.29 is 4.79 Å². The summed E-state index contributed by atoms with van der Waals surface area (Å²) in [6, 6.07) is 1.16. The van der Waals surface area contributed by atoms with Gasteiger partial charge in [0, 0.05) is 25.0 Å². The van der Waals surface area contributed by atoms with Gasteiger partial charge >= 0.3 is 0 Å². The predicted octanol–water partition coefficient (Wildman–Crippen LogP) is 2.21. The van der Waals surface area contributed by atoms with Gasteiger partial charge in [0.2, 0.25) is 5.91 Å². The summed E-state index contributed by atoms with van der Waals surface area (Å²) in [6.45, 7) is 5.59. The van der Waals surface area contributed by atoms with Crippen LogP contribution in [0.5, 0.6) is 0 Å². The molecule has 2 fully saturated rings. The van der Waals surface area contributed by atoms with Crippen molar-refractivity contribution in [2.24, 2.45) is 5.41 Å². The van der Waals surface area contributed by atoms with Crippen molar-refractivity contribution in [3.05, 3.63) is 0 Å². The molecule has 0 spiro atoms. The lowest BCUT2D eigenvalue weighted by atomic mass is 9.85. The Bertz CT molecular complexity index is 265. The molecule has 98 valence electrons. The highest BCUT2D eigenvalue weighted by molar-refractivity contribution is 5.76. The summed E-state index contributed by atoms with van der Waals surface area (Å²) in [7, 11) is 0. The van der Waals surface area contributed by atoms with Gasteiger partial charge in [0.15, 0.2) is 0 Å². The Labute approximate surface area is 105 Å². The van der Waals surface area contributed by atoms with Crippen molar-refractivity contribution in [2.45, 2.75) is 70.9 Å². The molecule has 2 aliphatic rings. The number of carbonyl (C=O) groups is 1. The molecule has 3 nitrogen and oxygen atoms in total. The average molecular weight is 238 g/mol. The van der Waals surface area contributed by atoms with Crippen molar-refractivity contribution in [3.8, 4) is 0 Å². The van der Waals surface area contributed by atoms with E-state index >= 15 is 0 Å². The molecule has 1 saturated heterocycles. The average Bonchev–Trinajstić information content (AvgIpc) is 2.44. The first-order valence-electron chi connectivity index (χ1n) is 7.08. The van der Waals surface area contributed by atoms with Crippen LogP contribution < -0.4 is 10.6 Å². The summed E-state index contributed by atoms with van der Waals surface area (Å²) >= 11 is 0. The van der Waals surface area contributed by atoms with Crippen molar-refractivity contribution in [1.29, 1.82) is 0 Å². The summed E-state index contributed by atoms with van der Waals surface area (Å²) in [5.41, 5.74) is 0.525. The molecule has 1 aliphatic heterocycles. The third-order valence-corrected chi connectivity index (χ3v) is 4.31. The van der Waals surface area contributed by atoms with E-state index in [0.29, 0.717) is 23.9 Å². The molecule has 1 amide bonds. The minimum atomic E-state index is 0.213. The molecule has 2 atom stereocenters. The Morgan fingerprint density at radius 3 is 2.71 bits per heavy atom. The predicted molar refractivity (Wildman–Crippen MR) is 69.8 cm³/mol. The third kappa shape index (κ3) is 3.98. The number of rotatable bonds is 2. The SMILES string of the molecule is CC1(C)CCCC(NC2CCC(=O)NC2)CC1. The van der Waals surface area contributed by atoms with E-state index in [1.807, 2.05) is 0 Å². The molecule has 1 heterocycles. The van der Waals surface area contributed by atoms with Crippen molar-refractivity contribution >= 4 is 5.91 Å². The second-order valence-corrected chi connectivity index (χ2v) is 6.50. The Balaban J connectivity index is 1.77. The van der Waals surface area contributed by atoms with E-state index in [4.69, 9.17) is 0 Å². The fourth-order valence-corrected chi connectivity index (χ4v) is 3.04. The number of amides is 1. The van der Waals surface area contributed by atoms with E-state index in [0.717, 1.165) is 13.0 Å². The van der Waals surface area contributed by atoms with E-state index in [-0.39, 0.29) is 5.91 Å². The summed E-state index contributed by atoms with van der Waals surface area (Å²) < 4.78 is 0. The van der Waals surface area contributed by atoms with E-state index in [1.165, 1.54) is 32.1 Å². The summed E-state index contributed by atoms with van der Waals surface area (Å²) in [4.78, 5) is 11.1. The monoisotopic (exact) mass is 238 g/mol. The van der Waals surface area contributed by atoms with Crippen LogP contribution in [0.3, 0.4) is 0 Å². The first-order chi connectivity index (χ1) is 8.05. The van der Waals surface area contributed by atoms with Crippen LogP contribution in [0.1, 0.15) is 58.8 Å². The molecule has 17 heavy (non-hydrogen) atoms. The fourth-order valence-electron chi connectivity index (χ4n) is 3.04. The molecule has 1 aliphatic carbocycles. The Kier molecular flexibility index (Phi) is 4.08. The molecule has 0 aromatic carbocycles. The largest absolute Gasteiger partial charge is 0.355 e. The van der Waals surface area contributed by atoms with Crippen LogP contribution in [-0.4, -0.2) is 24.5 Å². The minimum Gasteiger partial charge on any atom is -0.355 e. The van der Waals surface area contributed by atoms with Gasteiger partial charge in [-0.1, -0.05) is 20.3 Å². The first kappa shape index (κ1) is 12.9. The maximum absolute atomic E-state index is 11.1. The van der Waals surface area contributed by atoms with Crippen molar-refractivity contribution in [1.82, 2.24) is 10.6 Å². The number of piperidine rings is 1. The first-order valence-corrected chi connectivity index (χ1v) is 7.08. The zero-order chi connectivity index (χ0) is 12.3. The Morgan fingerprint density at radius 2 is 2.00 bits per heavy atom. The van der Waals surface area contributed by atoms with Gasteiger partial charge in [-0.2, -0.15) is 0 Å². The molecule has 0 aromatic rings. The smallest absolute Gasteiger partial charge is 0.220 e. The summed E-state index contributed by atoms with van der Waals surface area (Å²) in [6.07, 6.45) is 8.30. The zero-order valence-electron chi connectivity index (χ0n) is 11.2. The molecular formula is C14H26N2O. The van der Waals surface area contributed by atoms with Gasteiger partial charge in [-0.3, -0.25) is 4.79 Å². The van der Waals surface area contributed by atoms with Crippen LogP contribution in [0.15, 0.2) is 0 Å². The molecule has 0 bridgehead atoms. The minimum absolute atomic E-state index is 0.213. The second-order valence-electron chi connectivity index (χ2n) is 6.50. The Morgan fingerprint density at radius 1 is 1.18 bits per heavy atom. The lowest BCUT2D eigenvalue weighted by Gasteiger charge is -2.28. The molecule has 0 radical (unpaired) electrons. The highest BCUT2D eigenvalue weighted by Crippen LogP contribution is 2.33. The lowest BCUT2D eigenvalue weighted by Crippen LogP contribution is -2.49. The van der Waals surface area contributed by atoms with Gasteiger partial charge in [0.05, 0.1) is 0 Å². The molecule has 0 aromatic heterocycles. The van der Waals surface area contributed by atoms with E-state index in [9.17, 15) is 4.79 Å². The third-order valence-electron chi connectivity index (χ3n) is 4.31. The van der Waals surface area contributed by atoms with Gasteiger partial charge in [-0.15, -0.1) is 0 Å². The van der Waals surface area contributed by atoms with Gasteiger partial charge in [-0.05, 0) is 37.5 Å². The van der Waals surface area contributed by atoms with E-state index in [2.05, 4.69) is 24.5 Å². The van der Waals surface area contributed by atoms with Gasteiger partial charge in [-0.25, -0.2) is 0 Å². The molecule has 1 saturated carbocycles. The van der Waals surface area contributed by atoms with Crippen LogP contribution in [0.4, 0.5) is 0 Å². The van der Waals surface area contributed by atoms with Crippen LogP contribution in [0, 0.1) is 5.41 Å². The maximum atomic E-state index is 11.1. The van der Waals surface area contributed by atoms with E-state index in [1.54, 1.807) is 0 Å². The number of nitrogens with one attached hydrogen (secondary N) is 2. The fraction of sp³-hybridized carbons (Fsp3) is 0.929. The van der Waals surface area contributed by atoms with Crippen LogP contribution in [0.25, 0.3) is 0 Å². The van der Waals surface area contributed by atoms with Crippen LogP contribution >= 0.6 is 0 Å². The zero-order valence-corrected chi connectivity index (χ0v) is 11.2.